The third-order valence-corrected chi connectivity index (χ3v) is 2.93. The molecule has 0 heterocycles. The molecule has 0 saturated heterocycles. The number of amides is 1. The summed E-state index contributed by atoms with van der Waals surface area (Å²) in [5, 5.41) is 15.5. The van der Waals surface area contributed by atoms with Crippen LogP contribution in [0.4, 0.5) is 0 Å². The van der Waals surface area contributed by atoms with Crippen LogP contribution >= 0.6 is 11.6 Å². The number of aromatic hydroxyl groups is 1. The molecule has 0 aliphatic heterocycles. The van der Waals surface area contributed by atoms with E-state index in [1.807, 2.05) is 0 Å². The fourth-order valence-corrected chi connectivity index (χ4v) is 1.67. The maximum atomic E-state index is 11.7. The van der Waals surface area contributed by atoms with Crippen LogP contribution in [0.25, 0.3) is 0 Å². The predicted octanol–water partition coefficient (Wildman–Crippen LogP) is 1.53. The van der Waals surface area contributed by atoms with E-state index in [0.29, 0.717) is 18.2 Å². The van der Waals surface area contributed by atoms with Crippen molar-refractivity contribution in [3.63, 3.8) is 0 Å². The summed E-state index contributed by atoms with van der Waals surface area (Å²) in [7, 11) is 0. The summed E-state index contributed by atoms with van der Waals surface area (Å²) < 4.78 is 0. The highest BCUT2D eigenvalue weighted by Gasteiger charge is 2.19. The van der Waals surface area contributed by atoms with Crippen molar-refractivity contribution in [3.8, 4) is 5.75 Å². The molecule has 5 heteroatoms. The standard InChI is InChI=1S/C12H15ClN2O2/c13-10-7-8(1-4-11(10)16)12(17)15-6-5-14-9-2-3-9/h1,4,7,9,14,16H,2-3,5-6H2,(H,15,17). The summed E-state index contributed by atoms with van der Waals surface area (Å²) in [6.07, 6.45) is 2.48. The number of phenolic OH excluding ortho intramolecular Hbond substituents is 1. The third-order valence-electron chi connectivity index (χ3n) is 2.63. The van der Waals surface area contributed by atoms with E-state index < -0.39 is 0 Å². The monoisotopic (exact) mass is 254 g/mol. The molecule has 0 aromatic heterocycles. The Balaban J connectivity index is 1.79. The van der Waals surface area contributed by atoms with Gasteiger partial charge in [0.25, 0.3) is 5.91 Å². The number of rotatable bonds is 5. The van der Waals surface area contributed by atoms with Crippen LogP contribution in [0.2, 0.25) is 5.02 Å². The third kappa shape index (κ3) is 3.61. The predicted molar refractivity (Wildman–Crippen MR) is 66.5 cm³/mol. The summed E-state index contributed by atoms with van der Waals surface area (Å²) in [6.45, 7) is 1.37. The number of nitrogens with one attached hydrogen (secondary N) is 2. The fourth-order valence-electron chi connectivity index (χ4n) is 1.49. The number of halogens is 1. The van der Waals surface area contributed by atoms with Crippen molar-refractivity contribution < 1.29 is 9.90 Å². The van der Waals surface area contributed by atoms with E-state index in [9.17, 15) is 9.90 Å². The van der Waals surface area contributed by atoms with E-state index >= 15 is 0 Å². The molecule has 0 atom stereocenters. The first-order valence-corrected chi connectivity index (χ1v) is 6.04. The van der Waals surface area contributed by atoms with Gasteiger partial charge in [-0.25, -0.2) is 0 Å². The largest absolute Gasteiger partial charge is 0.506 e. The SMILES string of the molecule is O=C(NCCNC1CC1)c1ccc(O)c(Cl)c1. The Labute approximate surface area is 105 Å². The van der Waals surface area contributed by atoms with Crippen LogP contribution in [0.15, 0.2) is 18.2 Å². The molecule has 17 heavy (non-hydrogen) atoms. The summed E-state index contributed by atoms with van der Waals surface area (Å²) in [4.78, 5) is 11.7. The van der Waals surface area contributed by atoms with Gasteiger partial charge in [0.05, 0.1) is 5.02 Å². The lowest BCUT2D eigenvalue weighted by molar-refractivity contribution is 0.0954. The van der Waals surface area contributed by atoms with Crippen LogP contribution in [0.5, 0.6) is 5.75 Å². The van der Waals surface area contributed by atoms with Crippen LogP contribution in [-0.2, 0) is 0 Å². The number of carbonyl (C=O) groups is 1. The average molecular weight is 255 g/mol. The molecule has 0 bridgehead atoms. The van der Waals surface area contributed by atoms with Crippen LogP contribution in [0.1, 0.15) is 23.2 Å². The molecule has 0 spiro atoms. The van der Waals surface area contributed by atoms with Gasteiger partial charge in [-0.15, -0.1) is 0 Å². The molecule has 3 N–H and O–H groups in total. The van der Waals surface area contributed by atoms with Crippen LogP contribution in [-0.4, -0.2) is 30.1 Å². The molecule has 0 unspecified atom stereocenters. The highest BCUT2D eigenvalue weighted by molar-refractivity contribution is 6.32. The molecule has 1 aliphatic carbocycles. The Morgan fingerprint density at radius 1 is 1.41 bits per heavy atom. The molecule has 1 aromatic carbocycles. The minimum atomic E-state index is -0.176. The summed E-state index contributed by atoms with van der Waals surface area (Å²) in [6, 6.07) is 5.07. The molecule has 92 valence electrons. The van der Waals surface area contributed by atoms with Gasteiger partial charge in [-0.3, -0.25) is 4.79 Å². The maximum Gasteiger partial charge on any atom is 0.251 e. The van der Waals surface area contributed by atoms with Crippen molar-refractivity contribution in [3.05, 3.63) is 28.8 Å². The van der Waals surface area contributed by atoms with Gasteiger partial charge < -0.3 is 15.7 Å². The molecular formula is C12H15ClN2O2. The first kappa shape index (κ1) is 12.2. The second kappa shape index (κ2) is 5.38. The van der Waals surface area contributed by atoms with E-state index in [-0.39, 0.29) is 16.7 Å². The number of benzene rings is 1. The summed E-state index contributed by atoms with van der Waals surface area (Å²) in [5.41, 5.74) is 0.458. The summed E-state index contributed by atoms with van der Waals surface area (Å²) >= 11 is 5.73. The van der Waals surface area contributed by atoms with Gasteiger partial charge in [0.1, 0.15) is 5.75 Å². The van der Waals surface area contributed by atoms with Crippen molar-refractivity contribution in [2.24, 2.45) is 0 Å². The van der Waals surface area contributed by atoms with Crippen molar-refractivity contribution >= 4 is 17.5 Å². The lowest BCUT2D eigenvalue weighted by Crippen LogP contribution is -2.32. The molecule has 0 radical (unpaired) electrons. The van der Waals surface area contributed by atoms with Gasteiger partial charge >= 0.3 is 0 Å². The second-order valence-corrected chi connectivity index (χ2v) is 4.56. The van der Waals surface area contributed by atoms with E-state index in [2.05, 4.69) is 10.6 Å². The Morgan fingerprint density at radius 3 is 2.82 bits per heavy atom. The molecular weight excluding hydrogens is 240 g/mol. The molecule has 1 fully saturated rings. The molecule has 1 saturated carbocycles. The molecule has 4 nitrogen and oxygen atoms in total. The fraction of sp³-hybridized carbons (Fsp3) is 0.417. The molecule has 1 amide bonds. The lowest BCUT2D eigenvalue weighted by atomic mass is 10.2. The first-order valence-electron chi connectivity index (χ1n) is 5.67. The molecule has 1 aromatic rings. The van der Waals surface area contributed by atoms with Crippen LogP contribution < -0.4 is 10.6 Å². The minimum absolute atomic E-state index is 0.0152. The zero-order valence-corrected chi connectivity index (χ0v) is 10.1. The zero-order valence-electron chi connectivity index (χ0n) is 9.37. The average Bonchev–Trinajstić information content (AvgIpc) is 3.12. The Bertz CT molecular complexity index is 419. The maximum absolute atomic E-state index is 11.7. The highest BCUT2D eigenvalue weighted by atomic mass is 35.5. The quantitative estimate of drug-likeness (QED) is 0.699. The number of phenols is 1. The molecule has 2 rings (SSSR count). The Kier molecular flexibility index (Phi) is 3.86. The Morgan fingerprint density at radius 2 is 2.18 bits per heavy atom. The minimum Gasteiger partial charge on any atom is -0.506 e. The number of hydrogen-bond donors (Lipinski definition) is 3. The van der Waals surface area contributed by atoms with E-state index in [4.69, 9.17) is 11.6 Å². The lowest BCUT2D eigenvalue weighted by Gasteiger charge is -2.06. The van der Waals surface area contributed by atoms with Gasteiger partial charge in [0.15, 0.2) is 0 Å². The van der Waals surface area contributed by atoms with Crippen molar-refractivity contribution in [2.75, 3.05) is 13.1 Å². The number of hydrogen-bond acceptors (Lipinski definition) is 3. The van der Waals surface area contributed by atoms with Crippen molar-refractivity contribution in [2.45, 2.75) is 18.9 Å². The van der Waals surface area contributed by atoms with E-state index in [0.717, 1.165) is 6.54 Å². The van der Waals surface area contributed by atoms with Gasteiger partial charge in [0.2, 0.25) is 0 Å². The topological polar surface area (TPSA) is 61.4 Å². The molecule has 1 aliphatic rings. The van der Waals surface area contributed by atoms with E-state index in [1.54, 1.807) is 6.07 Å². The van der Waals surface area contributed by atoms with Gasteiger partial charge in [0, 0.05) is 24.7 Å². The smallest absolute Gasteiger partial charge is 0.251 e. The van der Waals surface area contributed by atoms with E-state index in [1.165, 1.54) is 25.0 Å². The normalized spacial score (nSPS) is 14.6. The Hall–Kier alpha value is -1.26. The highest BCUT2D eigenvalue weighted by Crippen LogP contribution is 2.23. The van der Waals surface area contributed by atoms with Crippen LogP contribution in [0, 0.1) is 0 Å². The van der Waals surface area contributed by atoms with Gasteiger partial charge in [-0.05, 0) is 31.0 Å². The first-order chi connectivity index (χ1) is 8.16. The number of carbonyl (C=O) groups excluding carboxylic acids is 1. The van der Waals surface area contributed by atoms with Gasteiger partial charge in [-0.1, -0.05) is 11.6 Å². The second-order valence-electron chi connectivity index (χ2n) is 4.15. The van der Waals surface area contributed by atoms with Crippen molar-refractivity contribution in [1.82, 2.24) is 10.6 Å². The van der Waals surface area contributed by atoms with Crippen LogP contribution in [0.3, 0.4) is 0 Å². The zero-order chi connectivity index (χ0) is 12.3. The van der Waals surface area contributed by atoms with Gasteiger partial charge in [-0.2, -0.15) is 0 Å². The summed E-state index contributed by atoms with van der Waals surface area (Å²) in [5.74, 6) is -0.192. The van der Waals surface area contributed by atoms with Crippen molar-refractivity contribution in [1.29, 1.82) is 0 Å².